The molecule has 104 valence electrons. The zero-order chi connectivity index (χ0) is 14.2. The van der Waals surface area contributed by atoms with Gasteiger partial charge in [-0.05, 0) is 25.0 Å². The molecule has 3 N–H and O–H groups in total. The van der Waals surface area contributed by atoms with Gasteiger partial charge in [0.2, 0.25) is 0 Å². The third kappa shape index (κ3) is 2.32. The van der Waals surface area contributed by atoms with Crippen LogP contribution < -0.4 is 10.7 Å². The Balaban J connectivity index is 1.83. The molecule has 1 aromatic heterocycles. The number of aromatic nitrogens is 1. The minimum absolute atomic E-state index is 0.0848. The van der Waals surface area contributed by atoms with Gasteiger partial charge in [0.05, 0.1) is 6.61 Å². The number of aliphatic hydroxyl groups excluding tert-OH is 1. The van der Waals surface area contributed by atoms with Crippen molar-refractivity contribution in [2.45, 2.75) is 12.8 Å². The van der Waals surface area contributed by atoms with Crippen molar-refractivity contribution in [2.75, 3.05) is 13.2 Å². The summed E-state index contributed by atoms with van der Waals surface area (Å²) in [7, 11) is 0. The first-order valence-electron chi connectivity index (χ1n) is 6.65. The molecular weight excluding hydrogens is 256 g/mol. The van der Waals surface area contributed by atoms with E-state index in [1.807, 2.05) is 6.07 Å². The van der Waals surface area contributed by atoms with Crippen molar-refractivity contribution in [3.8, 4) is 0 Å². The highest BCUT2D eigenvalue weighted by Crippen LogP contribution is 2.44. The maximum absolute atomic E-state index is 12.1. The van der Waals surface area contributed by atoms with E-state index >= 15 is 0 Å². The summed E-state index contributed by atoms with van der Waals surface area (Å²) in [5.41, 5.74) is 0.580. The Morgan fingerprint density at radius 3 is 2.80 bits per heavy atom. The number of fused-ring (bicyclic) bond motifs is 1. The molecule has 3 rings (SSSR count). The number of carbonyl (C=O) groups excluding carboxylic acids is 1. The molecule has 0 atom stereocenters. The molecule has 1 amide bonds. The maximum atomic E-state index is 12.1. The molecule has 0 radical (unpaired) electrons. The van der Waals surface area contributed by atoms with E-state index in [1.165, 1.54) is 6.07 Å². The first-order chi connectivity index (χ1) is 9.63. The molecule has 0 unspecified atom stereocenters. The molecule has 2 aromatic rings. The molecule has 1 aromatic carbocycles. The Morgan fingerprint density at radius 1 is 1.35 bits per heavy atom. The molecule has 0 aliphatic heterocycles. The van der Waals surface area contributed by atoms with Gasteiger partial charge in [-0.3, -0.25) is 9.59 Å². The van der Waals surface area contributed by atoms with Gasteiger partial charge in [0.25, 0.3) is 5.91 Å². The van der Waals surface area contributed by atoms with Crippen molar-refractivity contribution in [3.63, 3.8) is 0 Å². The zero-order valence-electron chi connectivity index (χ0n) is 11.0. The summed E-state index contributed by atoms with van der Waals surface area (Å²) in [6.07, 6.45) is 1.86. The van der Waals surface area contributed by atoms with Crippen molar-refractivity contribution >= 4 is 16.8 Å². The Morgan fingerprint density at radius 2 is 2.10 bits per heavy atom. The van der Waals surface area contributed by atoms with Crippen LogP contribution in [0.5, 0.6) is 0 Å². The molecule has 1 aliphatic rings. The molecule has 5 nitrogen and oxygen atoms in total. The molecule has 1 saturated carbocycles. The number of amides is 1. The SMILES string of the molecule is O=C(NCC1(CO)CC1)c1cc(=O)c2ccccc2[nH]1. The van der Waals surface area contributed by atoms with Gasteiger partial charge in [0.1, 0.15) is 5.69 Å². The van der Waals surface area contributed by atoms with Gasteiger partial charge in [-0.2, -0.15) is 0 Å². The molecule has 0 saturated heterocycles. The van der Waals surface area contributed by atoms with Crippen molar-refractivity contribution in [2.24, 2.45) is 5.41 Å². The fourth-order valence-corrected chi connectivity index (χ4v) is 2.25. The molecule has 5 heteroatoms. The van der Waals surface area contributed by atoms with Crippen LogP contribution in [0.1, 0.15) is 23.3 Å². The van der Waals surface area contributed by atoms with Crippen molar-refractivity contribution in [1.29, 1.82) is 0 Å². The molecule has 1 fully saturated rings. The quantitative estimate of drug-likeness (QED) is 0.777. The second kappa shape index (κ2) is 4.76. The monoisotopic (exact) mass is 272 g/mol. The second-order valence-electron chi connectivity index (χ2n) is 5.43. The lowest BCUT2D eigenvalue weighted by Crippen LogP contribution is -2.32. The van der Waals surface area contributed by atoms with Gasteiger partial charge in [-0.1, -0.05) is 12.1 Å². The number of para-hydroxylation sites is 1. The van der Waals surface area contributed by atoms with Gasteiger partial charge in [-0.15, -0.1) is 0 Å². The number of rotatable bonds is 4. The van der Waals surface area contributed by atoms with Gasteiger partial charge >= 0.3 is 0 Å². The predicted octanol–water partition coefficient (Wildman–Crippen LogP) is 1.03. The summed E-state index contributed by atoms with van der Waals surface area (Å²) in [5.74, 6) is -0.312. The van der Waals surface area contributed by atoms with Crippen molar-refractivity contribution in [1.82, 2.24) is 10.3 Å². The number of H-pyrrole nitrogens is 1. The van der Waals surface area contributed by atoms with E-state index < -0.39 is 0 Å². The second-order valence-corrected chi connectivity index (χ2v) is 5.43. The average molecular weight is 272 g/mol. The minimum atomic E-state index is -0.312. The van der Waals surface area contributed by atoms with Crippen molar-refractivity contribution < 1.29 is 9.90 Å². The normalized spacial score (nSPS) is 16.1. The molecule has 1 aliphatic carbocycles. The van der Waals surface area contributed by atoms with E-state index in [1.54, 1.807) is 18.2 Å². The highest BCUT2D eigenvalue weighted by atomic mass is 16.3. The van der Waals surface area contributed by atoms with Crippen LogP contribution in [0, 0.1) is 5.41 Å². The van der Waals surface area contributed by atoms with Crippen LogP contribution in [-0.2, 0) is 0 Å². The Labute approximate surface area is 115 Å². The predicted molar refractivity (Wildman–Crippen MR) is 75.7 cm³/mol. The van der Waals surface area contributed by atoms with Crippen LogP contribution in [0.4, 0.5) is 0 Å². The molecule has 20 heavy (non-hydrogen) atoms. The largest absolute Gasteiger partial charge is 0.396 e. The average Bonchev–Trinajstić information content (AvgIpc) is 3.25. The fourth-order valence-electron chi connectivity index (χ4n) is 2.25. The summed E-state index contributed by atoms with van der Waals surface area (Å²) < 4.78 is 0. The summed E-state index contributed by atoms with van der Waals surface area (Å²) >= 11 is 0. The van der Waals surface area contributed by atoms with Crippen molar-refractivity contribution in [3.05, 3.63) is 46.2 Å². The number of aromatic amines is 1. The van der Waals surface area contributed by atoms with Crippen LogP contribution in [0.15, 0.2) is 35.1 Å². The Hall–Kier alpha value is -2.14. The van der Waals surface area contributed by atoms with Gasteiger partial charge < -0.3 is 15.4 Å². The third-order valence-corrected chi connectivity index (χ3v) is 3.90. The maximum Gasteiger partial charge on any atom is 0.267 e. The number of aliphatic hydroxyl groups is 1. The van der Waals surface area contributed by atoms with E-state index in [9.17, 15) is 14.7 Å². The van der Waals surface area contributed by atoms with E-state index in [4.69, 9.17) is 0 Å². The highest BCUT2D eigenvalue weighted by molar-refractivity contribution is 5.94. The summed E-state index contributed by atoms with van der Waals surface area (Å²) in [6.45, 7) is 0.526. The van der Waals surface area contributed by atoms with E-state index in [0.29, 0.717) is 17.4 Å². The number of hydrogen-bond donors (Lipinski definition) is 3. The smallest absolute Gasteiger partial charge is 0.267 e. The third-order valence-electron chi connectivity index (χ3n) is 3.90. The van der Waals surface area contributed by atoms with Crippen LogP contribution in [0.2, 0.25) is 0 Å². The number of nitrogens with one attached hydrogen (secondary N) is 2. The van der Waals surface area contributed by atoms with Gasteiger partial charge in [0, 0.05) is 28.9 Å². The zero-order valence-corrected chi connectivity index (χ0v) is 11.0. The summed E-state index contributed by atoms with van der Waals surface area (Å²) in [5, 5.41) is 12.6. The van der Waals surface area contributed by atoms with E-state index in [2.05, 4.69) is 10.3 Å². The lowest BCUT2D eigenvalue weighted by molar-refractivity contribution is 0.0930. The highest BCUT2D eigenvalue weighted by Gasteiger charge is 2.42. The van der Waals surface area contributed by atoms with Gasteiger partial charge in [0.15, 0.2) is 5.43 Å². The van der Waals surface area contributed by atoms with Crippen LogP contribution in [0.3, 0.4) is 0 Å². The van der Waals surface area contributed by atoms with Crippen LogP contribution >= 0.6 is 0 Å². The van der Waals surface area contributed by atoms with E-state index in [0.717, 1.165) is 12.8 Å². The Kier molecular flexibility index (Phi) is 3.06. The molecule has 1 heterocycles. The lowest BCUT2D eigenvalue weighted by Gasteiger charge is -2.12. The van der Waals surface area contributed by atoms with Gasteiger partial charge in [-0.25, -0.2) is 0 Å². The topological polar surface area (TPSA) is 82.2 Å². The molecule has 0 spiro atoms. The molecule has 0 bridgehead atoms. The number of hydrogen-bond acceptors (Lipinski definition) is 3. The minimum Gasteiger partial charge on any atom is -0.396 e. The summed E-state index contributed by atoms with van der Waals surface area (Å²) in [6, 6.07) is 8.40. The lowest BCUT2D eigenvalue weighted by atomic mass is 10.1. The van der Waals surface area contributed by atoms with Crippen LogP contribution in [0.25, 0.3) is 10.9 Å². The first-order valence-corrected chi connectivity index (χ1v) is 6.65. The number of pyridine rings is 1. The van der Waals surface area contributed by atoms with Crippen LogP contribution in [-0.4, -0.2) is 29.1 Å². The Bertz CT molecular complexity index is 716. The fraction of sp³-hybridized carbons (Fsp3) is 0.333. The standard InChI is InChI=1S/C15H16N2O3/c18-9-15(5-6-15)8-16-14(20)12-7-13(19)10-3-1-2-4-11(10)17-12/h1-4,7,18H,5-6,8-9H2,(H,16,20)(H,17,19). The van der Waals surface area contributed by atoms with E-state index in [-0.39, 0.29) is 29.1 Å². The first kappa shape index (κ1) is 12.9. The molecular formula is C15H16N2O3. The number of carbonyl (C=O) groups is 1. The number of benzene rings is 1. The summed E-state index contributed by atoms with van der Waals surface area (Å²) in [4.78, 5) is 27.0.